The van der Waals surface area contributed by atoms with Gasteiger partial charge in [0.1, 0.15) is 17.2 Å². The summed E-state index contributed by atoms with van der Waals surface area (Å²) < 4.78 is 33.4. The predicted octanol–water partition coefficient (Wildman–Crippen LogP) is 0.617. The van der Waals surface area contributed by atoms with Gasteiger partial charge in [0.15, 0.2) is 11.4 Å². The van der Waals surface area contributed by atoms with Gasteiger partial charge in [-0.2, -0.15) is 0 Å². The first-order chi connectivity index (χ1) is 13.9. The molecule has 0 spiro atoms. The number of hydrogen-bond donors (Lipinski definition) is 2. The zero-order valence-corrected chi connectivity index (χ0v) is 15.2. The minimum atomic E-state index is -0.992. The summed E-state index contributed by atoms with van der Waals surface area (Å²) in [7, 11) is 0. The van der Waals surface area contributed by atoms with E-state index in [1.165, 1.54) is 21.7 Å². The molecule has 2 aliphatic rings. The number of halogens is 2. The van der Waals surface area contributed by atoms with Crippen molar-refractivity contribution in [1.29, 1.82) is 0 Å². The van der Waals surface area contributed by atoms with Gasteiger partial charge in [0.25, 0.3) is 11.8 Å². The Kier molecular flexibility index (Phi) is 4.79. The average molecular weight is 405 g/mol. The minimum absolute atomic E-state index is 0.0345. The highest BCUT2D eigenvalue weighted by molar-refractivity contribution is 5.99. The highest BCUT2D eigenvalue weighted by atomic mass is 19.1. The van der Waals surface area contributed by atoms with Crippen molar-refractivity contribution in [3.63, 3.8) is 0 Å². The zero-order valence-electron chi connectivity index (χ0n) is 15.2. The molecule has 152 valence electrons. The fraction of sp³-hybridized carbons (Fsp3) is 0.316. The number of nitrogens with zero attached hydrogens (tertiary/aromatic N) is 2. The van der Waals surface area contributed by atoms with E-state index in [0.29, 0.717) is 25.8 Å². The van der Waals surface area contributed by atoms with Gasteiger partial charge in [-0.25, -0.2) is 8.78 Å². The maximum Gasteiger partial charge on any atom is 0.274 e. The van der Waals surface area contributed by atoms with Gasteiger partial charge in [-0.3, -0.25) is 14.4 Å². The van der Waals surface area contributed by atoms with E-state index >= 15 is 0 Å². The summed E-state index contributed by atoms with van der Waals surface area (Å²) in [6.45, 7) is 0.998. The van der Waals surface area contributed by atoms with Gasteiger partial charge in [-0.15, -0.1) is 0 Å². The molecule has 0 bridgehead atoms. The maximum absolute atomic E-state index is 13.7. The first-order valence-electron chi connectivity index (χ1n) is 8.94. The van der Waals surface area contributed by atoms with Crippen LogP contribution in [0.2, 0.25) is 0 Å². The number of carbonyl (C=O) groups is 2. The lowest BCUT2D eigenvalue weighted by atomic mass is 10.1. The number of morpholine rings is 1. The molecule has 3 heterocycles. The van der Waals surface area contributed by atoms with E-state index in [2.05, 4.69) is 5.32 Å². The van der Waals surface area contributed by atoms with Crippen molar-refractivity contribution in [2.75, 3.05) is 19.8 Å². The number of nitrogens with one attached hydrogen (secondary N) is 1. The van der Waals surface area contributed by atoms with Crippen LogP contribution in [0.1, 0.15) is 26.4 Å². The molecule has 2 N–H and O–H groups in total. The zero-order chi connectivity index (χ0) is 20.7. The normalized spacial score (nSPS) is 18.2. The van der Waals surface area contributed by atoms with E-state index in [1.54, 1.807) is 0 Å². The van der Waals surface area contributed by atoms with Crippen LogP contribution in [0.5, 0.6) is 5.75 Å². The Balaban J connectivity index is 1.61. The molecule has 4 rings (SSSR count). The minimum Gasteiger partial charge on any atom is -0.503 e. The number of fused-ring (bicyclic) bond motifs is 2. The van der Waals surface area contributed by atoms with Crippen molar-refractivity contribution < 1.29 is 28.2 Å². The van der Waals surface area contributed by atoms with Gasteiger partial charge >= 0.3 is 0 Å². The number of benzene rings is 1. The third-order valence-corrected chi connectivity index (χ3v) is 5.05. The van der Waals surface area contributed by atoms with Crippen LogP contribution < -0.4 is 10.7 Å². The molecule has 2 aromatic rings. The quantitative estimate of drug-likeness (QED) is 0.780. The molecular weight excluding hydrogens is 388 g/mol. The average Bonchev–Trinajstić information content (AvgIpc) is 2.70. The van der Waals surface area contributed by atoms with Crippen LogP contribution in [0.4, 0.5) is 8.78 Å². The number of carbonyl (C=O) groups excluding carboxylic acids is 2. The van der Waals surface area contributed by atoms with Gasteiger partial charge in [0.05, 0.1) is 19.3 Å². The monoisotopic (exact) mass is 405 g/mol. The van der Waals surface area contributed by atoms with E-state index in [4.69, 9.17) is 4.74 Å². The fourth-order valence-electron chi connectivity index (χ4n) is 3.55. The Morgan fingerprint density at radius 3 is 2.86 bits per heavy atom. The molecule has 1 aromatic carbocycles. The number of hydrogen-bond acceptors (Lipinski definition) is 5. The summed E-state index contributed by atoms with van der Waals surface area (Å²) in [5.41, 5.74) is -1.51. The Morgan fingerprint density at radius 1 is 1.31 bits per heavy atom. The molecule has 0 aliphatic carbocycles. The summed E-state index contributed by atoms with van der Waals surface area (Å²) >= 11 is 0. The Hall–Kier alpha value is -3.27. The number of aromatic hydroxyl groups is 1. The molecule has 1 aromatic heterocycles. The van der Waals surface area contributed by atoms with Crippen LogP contribution in [0.25, 0.3) is 0 Å². The van der Waals surface area contributed by atoms with Crippen LogP contribution >= 0.6 is 0 Å². The second-order valence-corrected chi connectivity index (χ2v) is 6.87. The van der Waals surface area contributed by atoms with Crippen molar-refractivity contribution in [2.24, 2.45) is 0 Å². The van der Waals surface area contributed by atoms with Gasteiger partial charge in [-0.05, 0) is 6.07 Å². The lowest BCUT2D eigenvalue weighted by molar-refractivity contribution is -0.0140. The van der Waals surface area contributed by atoms with Crippen molar-refractivity contribution in [2.45, 2.75) is 19.1 Å². The predicted molar refractivity (Wildman–Crippen MR) is 95.5 cm³/mol. The van der Waals surface area contributed by atoms with Gasteiger partial charge < -0.3 is 24.6 Å². The topological polar surface area (TPSA) is 101 Å². The molecule has 1 atom stereocenters. The molecule has 29 heavy (non-hydrogen) atoms. The van der Waals surface area contributed by atoms with E-state index in [0.717, 1.165) is 6.07 Å². The van der Waals surface area contributed by atoms with Gasteiger partial charge in [-0.1, -0.05) is 6.07 Å². The third kappa shape index (κ3) is 3.35. The van der Waals surface area contributed by atoms with E-state index in [1.807, 2.05) is 0 Å². The van der Waals surface area contributed by atoms with Crippen LogP contribution in [0.3, 0.4) is 0 Å². The Labute approximate surface area is 163 Å². The van der Waals surface area contributed by atoms with Crippen LogP contribution in [0, 0.1) is 11.6 Å². The lowest BCUT2D eigenvalue weighted by Crippen LogP contribution is -2.55. The molecule has 0 radical (unpaired) electrons. The van der Waals surface area contributed by atoms with Crippen LogP contribution in [-0.2, 0) is 17.8 Å². The SMILES string of the molecule is O=C(NCc1ccc(F)cc1F)c1cn2c(c(O)c1=O)C(=O)N1CCOCC1C2. The molecule has 1 fully saturated rings. The van der Waals surface area contributed by atoms with Crippen molar-refractivity contribution in [3.8, 4) is 5.75 Å². The fourth-order valence-corrected chi connectivity index (χ4v) is 3.55. The van der Waals surface area contributed by atoms with E-state index in [9.17, 15) is 28.3 Å². The number of pyridine rings is 1. The number of aromatic nitrogens is 1. The van der Waals surface area contributed by atoms with Crippen LogP contribution in [0.15, 0.2) is 29.2 Å². The summed E-state index contributed by atoms with van der Waals surface area (Å²) in [4.78, 5) is 39.1. The highest BCUT2D eigenvalue weighted by Gasteiger charge is 2.37. The van der Waals surface area contributed by atoms with Gasteiger partial charge in [0, 0.05) is 37.5 Å². The lowest BCUT2D eigenvalue weighted by Gasteiger charge is -2.40. The highest BCUT2D eigenvalue weighted by Crippen LogP contribution is 2.25. The summed E-state index contributed by atoms with van der Waals surface area (Å²) in [5, 5.41) is 12.7. The van der Waals surface area contributed by atoms with Crippen molar-refractivity contribution in [3.05, 3.63) is 63.1 Å². The van der Waals surface area contributed by atoms with E-state index in [-0.39, 0.29) is 36.0 Å². The number of amides is 2. The van der Waals surface area contributed by atoms with Crippen molar-refractivity contribution in [1.82, 2.24) is 14.8 Å². The van der Waals surface area contributed by atoms with E-state index < -0.39 is 34.6 Å². The first kappa shape index (κ1) is 19.1. The molecule has 0 saturated carbocycles. The molecule has 8 nitrogen and oxygen atoms in total. The molecule has 2 amide bonds. The summed E-state index contributed by atoms with van der Waals surface area (Å²) in [6, 6.07) is 2.65. The van der Waals surface area contributed by atoms with Crippen LogP contribution in [-0.4, -0.2) is 52.2 Å². The maximum atomic E-state index is 13.7. The summed E-state index contributed by atoms with van der Waals surface area (Å²) in [6.07, 6.45) is 1.21. The smallest absolute Gasteiger partial charge is 0.274 e. The second kappa shape index (κ2) is 7.28. The molecule has 2 aliphatic heterocycles. The molecule has 1 saturated heterocycles. The first-order valence-corrected chi connectivity index (χ1v) is 8.94. The molecule has 10 heteroatoms. The summed E-state index contributed by atoms with van der Waals surface area (Å²) in [5.74, 6) is -3.74. The molecule has 1 unspecified atom stereocenters. The Morgan fingerprint density at radius 2 is 2.10 bits per heavy atom. The standard InChI is InChI=1S/C19H17F2N3O5/c20-11-2-1-10(14(21)5-11)6-22-18(27)13-8-23-7-12-9-29-4-3-24(12)19(28)15(23)17(26)16(13)25/h1-2,5,8,12,26H,3-4,6-7,9H2,(H,22,27). The third-order valence-electron chi connectivity index (χ3n) is 5.05. The van der Waals surface area contributed by atoms with Crippen molar-refractivity contribution >= 4 is 11.8 Å². The van der Waals surface area contributed by atoms with Gasteiger partial charge in [0.2, 0.25) is 5.43 Å². The molecular formula is C19H17F2N3O5. The Bertz CT molecular complexity index is 1070. The number of ether oxygens (including phenoxy) is 1. The number of rotatable bonds is 3. The largest absolute Gasteiger partial charge is 0.503 e. The second-order valence-electron chi connectivity index (χ2n) is 6.87.